The molecular formula is C12H11FN2O2S. The predicted molar refractivity (Wildman–Crippen MR) is 66.4 cm³/mol. The molecule has 1 N–H and O–H groups in total. The second-order valence-electron chi connectivity index (χ2n) is 4.33. The third-order valence-corrected chi connectivity index (χ3v) is 3.89. The zero-order valence-electron chi connectivity index (χ0n) is 9.41. The molecule has 18 heavy (non-hydrogen) atoms. The Hall–Kier alpha value is -1.53. The molecule has 1 aromatic carbocycles. The van der Waals surface area contributed by atoms with Crippen molar-refractivity contribution in [3.63, 3.8) is 0 Å². The fraction of sp³-hybridized carbons (Fsp3) is 0.333. The highest BCUT2D eigenvalue weighted by Crippen LogP contribution is 2.21. The number of hydrogen-bond donors (Lipinski definition) is 1. The number of halogens is 1. The minimum Gasteiger partial charge on any atom is -0.388 e. The van der Waals surface area contributed by atoms with Gasteiger partial charge in [-0.1, -0.05) is 0 Å². The van der Waals surface area contributed by atoms with E-state index in [9.17, 15) is 14.3 Å². The average molecular weight is 266 g/mol. The highest BCUT2D eigenvalue weighted by Gasteiger charge is 2.34. The number of hydrogen-bond acceptors (Lipinski definition) is 4. The van der Waals surface area contributed by atoms with Crippen molar-refractivity contribution >= 4 is 27.5 Å². The molecule has 0 bridgehead atoms. The first-order chi connectivity index (χ1) is 8.65. The number of rotatable bonds is 1. The fourth-order valence-corrected chi connectivity index (χ4v) is 2.75. The Balaban J connectivity index is 1.87. The van der Waals surface area contributed by atoms with Crippen LogP contribution in [0.3, 0.4) is 0 Å². The second-order valence-corrected chi connectivity index (χ2v) is 5.21. The number of aromatic nitrogens is 1. The largest absolute Gasteiger partial charge is 0.388 e. The second kappa shape index (κ2) is 4.29. The molecule has 1 aromatic heterocycles. The van der Waals surface area contributed by atoms with Gasteiger partial charge in [-0.3, -0.25) is 4.79 Å². The zero-order valence-corrected chi connectivity index (χ0v) is 10.2. The molecule has 1 aliphatic heterocycles. The van der Waals surface area contributed by atoms with E-state index in [0.717, 1.165) is 10.2 Å². The summed E-state index contributed by atoms with van der Waals surface area (Å²) in [4.78, 5) is 17.6. The molecule has 0 spiro atoms. The van der Waals surface area contributed by atoms with Crippen molar-refractivity contribution in [3.8, 4) is 0 Å². The first-order valence-electron chi connectivity index (χ1n) is 5.60. The van der Waals surface area contributed by atoms with Crippen LogP contribution in [0.1, 0.15) is 10.4 Å². The smallest absolute Gasteiger partial charge is 0.254 e. The van der Waals surface area contributed by atoms with E-state index >= 15 is 0 Å². The number of amides is 1. The van der Waals surface area contributed by atoms with Gasteiger partial charge in [0.05, 0.1) is 22.3 Å². The quantitative estimate of drug-likeness (QED) is 0.850. The Labute approximate surface area is 107 Å². The highest BCUT2D eigenvalue weighted by atomic mass is 32.1. The fourth-order valence-electron chi connectivity index (χ4n) is 2.09. The molecule has 3 rings (SSSR count). The summed E-state index contributed by atoms with van der Waals surface area (Å²) in [5, 5.41) is 9.32. The standard InChI is InChI=1S/C12H11FN2O2S/c13-8-4-15(5-10(8)16)12(17)7-1-2-11-9(3-7)14-6-18-11/h1-3,6,8,10,16H,4-5H2/t8-,10-/m1/s1. The highest BCUT2D eigenvalue weighted by molar-refractivity contribution is 7.16. The van der Waals surface area contributed by atoms with Gasteiger partial charge in [0, 0.05) is 12.1 Å². The normalized spacial score (nSPS) is 23.8. The van der Waals surface area contributed by atoms with Gasteiger partial charge >= 0.3 is 0 Å². The summed E-state index contributed by atoms with van der Waals surface area (Å²) in [6.45, 7) is 0.00417. The minimum atomic E-state index is -1.35. The Kier molecular flexibility index (Phi) is 2.76. The van der Waals surface area contributed by atoms with Crippen molar-refractivity contribution in [2.24, 2.45) is 0 Å². The van der Waals surface area contributed by atoms with Gasteiger partial charge in [0.2, 0.25) is 0 Å². The number of nitrogens with zero attached hydrogens (tertiary/aromatic N) is 2. The first kappa shape index (κ1) is 11.6. The summed E-state index contributed by atoms with van der Waals surface area (Å²) in [5.41, 5.74) is 2.97. The van der Waals surface area contributed by atoms with Gasteiger partial charge in [-0.25, -0.2) is 9.37 Å². The molecule has 1 fully saturated rings. The molecule has 4 nitrogen and oxygen atoms in total. The topological polar surface area (TPSA) is 53.4 Å². The Morgan fingerprint density at radius 1 is 1.50 bits per heavy atom. The maximum absolute atomic E-state index is 13.2. The minimum absolute atomic E-state index is 0.0465. The van der Waals surface area contributed by atoms with Crippen LogP contribution < -0.4 is 0 Å². The number of carbonyl (C=O) groups excluding carboxylic acids is 1. The lowest BCUT2D eigenvalue weighted by molar-refractivity contribution is 0.0764. The van der Waals surface area contributed by atoms with Crippen LogP contribution in [0.4, 0.5) is 4.39 Å². The van der Waals surface area contributed by atoms with Crippen molar-refractivity contribution < 1.29 is 14.3 Å². The molecule has 6 heteroatoms. The lowest BCUT2D eigenvalue weighted by Crippen LogP contribution is -2.29. The van der Waals surface area contributed by atoms with Gasteiger partial charge in [-0.2, -0.15) is 0 Å². The zero-order chi connectivity index (χ0) is 12.7. The maximum Gasteiger partial charge on any atom is 0.254 e. The number of likely N-dealkylation sites (tertiary alicyclic amines) is 1. The van der Waals surface area contributed by atoms with Crippen LogP contribution in [0.5, 0.6) is 0 Å². The molecule has 0 saturated carbocycles. The lowest BCUT2D eigenvalue weighted by atomic mass is 10.2. The van der Waals surface area contributed by atoms with Gasteiger partial charge in [-0.15, -0.1) is 11.3 Å². The summed E-state index contributed by atoms with van der Waals surface area (Å²) in [5.74, 6) is -0.260. The Morgan fingerprint density at radius 3 is 3.06 bits per heavy atom. The van der Waals surface area contributed by atoms with Crippen molar-refractivity contribution in [3.05, 3.63) is 29.3 Å². The van der Waals surface area contributed by atoms with Gasteiger partial charge in [0.1, 0.15) is 12.3 Å². The number of aliphatic hydroxyl groups is 1. The number of alkyl halides is 1. The number of aliphatic hydroxyl groups excluding tert-OH is 1. The van der Waals surface area contributed by atoms with E-state index in [1.54, 1.807) is 17.6 Å². The van der Waals surface area contributed by atoms with Crippen molar-refractivity contribution in [1.29, 1.82) is 0 Å². The summed E-state index contributed by atoms with van der Waals surface area (Å²) in [6, 6.07) is 5.24. The van der Waals surface area contributed by atoms with Gasteiger partial charge in [-0.05, 0) is 18.2 Å². The number of fused-ring (bicyclic) bond motifs is 1. The third kappa shape index (κ3) is 1.87. The molecule has 0 unspecified atom stereocenters. The van der Waals surface area contributed by atoms with Crippen LogP contribution in [0.2, 0.25) is 0 Å². The van der Waals surface area contributed by atoms with E-state index in [-0.39, 0.29) is 19.0 Å². The summed E-state index contributed by atoms with van der Waals surface area (Å²) < 4.78 is 14.2. The molecule has 0 radical (unpaired) electrons. The van der Waals surface area contributed by atoms with Crippen LogP contribution in [-0.4, -0.2) is 46.3 Å². The van der Waals surface area contributed by atoms with E-state index in [4.69, 9.17) is 0 Å². The lowest BCUT2D eigenvalue weighted by Gasteiger charge is -2.14. The number of carbonyl (C=O) groups is 1. The molecular weight excluding hydrogens is 255 g/mol. The molecule has 2 atom stereocenters. The van der Waals surface area contributed by atoms with Crippen LogP contribution in [0.25, 0.3) is 10.2 Å². The van der Waals surface area contributed by atoms with Crippen LogP contribution in [0.15, 0.2) is 23.7 Å². The molecule has 1 saturated heterocycles. The van der Waals surface area contributed by atoms with Crippen LogP contribution >= 0.6 is 11.3 Å². The van der Waals surface area contributed by atoms with E-state index in [1.807, 2.05) is 6.07 Å². The number of thiazole rings is 1. The molecule has 2 heterocycles. The Bertz CT molecular complexity index is 591. The van der Waals surface area contributed by atoms with E-state index in [0.29, 0.717) is 5.56 Å². The molecule has 1 aliphatic rings. The van der Waals surface area contributed by atoms with Crippen LogP contribution in [-0.2, 0) is 0 Å². The SMILES string of the molecule is O=C(c1ccc2scnc2c1)N1C[C@@H](O)[C@H](F)C1. The molecule has 2 aromatic rings. The van der Waals surface area contributed by atoms with Gasteiger partial charge < -0.3 is 10.0 Å². The third-order valence-electron chi connectivity index (χ3n) is 3.08. The summed E-state index contributed by atoms with van der Waals surface area (Å²) >= 11 is 1.50. The van der Waals surface area contributed by atoms with Crippen LogP contribution in [0, 0.1) is 0 Å². The van der Waals surface area contributed by atoms with Crippen molar-refractivity contribution in [2.45, 2.75) is 12.3 Å². The van der Waals surface area contributed by atoms with Gasteiger partial charge in [0.25, 0.3) is 5.91 Å². The predicted octanol–water partition coefficient (Wildman–Crippen LogP) is 1.45. The molecule has 0 aliphatic carbocycles. The maximum atomic E-state index is 13.2. The monoisotopic (exact) mass is 266 g/mol. The summed E-state index contributed by atoms with van der Waals surface area (Å²) in [6.07, 6.45) is -2.42. The number of β-amino-alcohol motifs (C(OH)–C–C–N with tert-alkyl or cyclic N) is 1. The first-order valence-corrected chi connectivity index (χ1v) is 6.48. The summed E-state index contributed by atoms with van der Waals surface area (Å²) in [7, 11) is 0. The Morgan fingerprint density at radius 2 is 2.33 bits per heavy atom. The van der Waals surface area contributed by atoms with E-state index in [2.05, 4.69) is 4.98 Å². The van der Waals surface area contributed by atoms with Gasteiger partial charge in [0.15, 0.2) is 0 Å². The molecule has 1 amide bonds. The van der Waals surface area contributed by atoms with Crippen molar-refractivity contribution in [2.75, 3.05) is 13.1 Å². The van der Waals surface area contributed by atoms with E-state index in [1.165, 1.54) is 16.2 Å². The van der Waals surface area contributed by atoms with Crippen molar-refractivity contribution in [1.82, 2.24) is 9.88 Å². The average Bonchev–Trinajstić information content (AvgIpc) is 2.95. The molecule has 94 valence electrons. The van der Waals surface area contributed by atoms with E-state index < -0.39 is 12.3 Å². The number of benzene rings is 1.